The van der Waals surface area contributed by atoms with Gasteiger partial charge >= 0.3 is 0 Å². The van der Waals surface area contributed by atoms with Gasteiger partial charge in [-0.1, -0.05) is 47.6 Å². The number of anilines is 1. The Labute approximate surface area is 188 Å². The van der Waals surface area contributed by atoms with Crippen LogP contribution in [-0.4, -0.2) is 40.6 Å². The van der Waals surface area contributed by atoms with Crippen molar-refractivity contribution in [2.75, 3.05) is 25.0 Å². The molecular weight excluding hydrogens is 404 g/mol. The molecule has 7 heteroatoms. The average molecular weight is 433 g/mol. The number of rotatable bonds is 8. The van der Waals surface area contributed by atoms with Crippen molar-refractivity contribution in [3.05, 3.63) is 72.6 Å². The van der Waals surface area contributed by atoms with E-state index < -0.39 is 0 Å². The number of carbonyl (C=O) groups is 1. The Hall–Kier alpha value is -3.45. The lowest BCUT2D eigenvalue weighted by Gasteiger charge is -2.30. The summed E-state index contributed by atoms with van der Waals surface area (Å²) in [5.74, 6) is 2.01. The van der Waals surface area contributed by atoms with Gasteiger partial charge in [-0.15, -0.1) is 0 Å². The van der Waals surface area contributed by atoms with Crippen LogP contribution >= 0.6 is 0 Å². The average Bonchev–Trinajstić information content (AvgIpc) is 3.28. The van der Waals surface area contributed by atoms with Crippen LogP contribution in [0.4, 0.5) is 5.69 Å². The Morgan fingerprint density at radius 1 is 1.19 bits per heavy atom. The second-order valence-corrected chi connectivity index (χ2v) is 8.04. The number of amides is 1. The van der Waals surface area contributed by atoms with Crippen LogP contribution in [0.15, 0.2) is 65.7 Å². The zero-order valence-corrected chi connectivity index (χ0v) is 18.3. The summed E-state index contributed by atoms with van der Waals surface area (Å²) < 4.78 is 10.9. The monoisotopic (exact) mass is 432 g/mol. The molecule has 1 aliphatic heterocycles. The first-order chi connectivity index (χ1) is 15.6. The summed E-state index contributed by atoms with van der Waals surface area (Å²) in [7, 11) is 0. The number of aromatic nitrogens is 2. The number of aryl methyl sites for hydroxylation is 1. The molecule has 4 rings (SSSR count). The predicted molar refractivity (Wildman–Crippen MR) is 123 cm³/mol. The fraction of sp³-hybridized carbons (Fsp3) is 0.320. The van der Waals surface area contributed by atoms with Gasteiger partial charge in [0.1, 0.15) is 12.4 Å². The molecule has 32 heavy (non-hydrogen) atoms. The number of benzene rings is 2. The minimum atomic E-state index is -0.00579. The van der Waals surface area contributed by atoms with Gasteiger partial charge in [-0.25, -0.2) is 0 Å². The standard InChI is InChI=1S/C25H28N4O3/c1-3-16-31-22-10-8-21(9-11-22)26-25(30)20-12-14-29(15-13-20)17-23-27-24(28-32-23)19-6-4-18(2)5-7-19/h3-11,20H,1,12-17H2,2H3,(H,26,30). The maximum absolute atomic E-state index is 12.7. The first-order valence-corrected chi connectivity index (χ1v) is 10.9. The number of ether oxygens (including phenoxy) is 1. The second kappa shape index (κ2) is 10.2. The highest BCUT2D eigenvalue weighted by molar-refractivity contribution is 5.92. The lowest BCUT2D eigenvalue weighted by molar-refractivity contribution is -0.121. The third-order valence-electron chi connectivity index (χ3n) is 5.58. The maximum atomic E-state index is 12.7. The Balaban J connectivity index is 1.24. The molecule has 1 N–H and O–H groups in total. The third kappa shape index (κ3) is 5.62. The molecule has 2 aromatic carbocycles. The number of hydrogen-bond donors (Lipinski definition) is 1. The first-order valence-electron chi connectivity index (χ1n) is 10.9. The van der Waals surface area contributed by atoms with Crippen LogP contribution in [0, 0.1) is 12.8 Å². The van der Waals surface area contributed by atoms with Crippen molar-refractivity contribution >= 4 is 11.6 Å². The zero-order chi connectivity index (χ0) is 22.3. The molecule has 0 bridgehead atoms. The van der Waals surface area contributed by atoms with Crippen molar-refractivity contribution in [2.24, 2.45) is 5.92 Å². The fourth-order valence-electron chi connectivity index (χ4n) is 3.72. The Kier molecular flexibility index (Phi) is 6.97. The molecule has 0 atom stereocenters. The van der Waals surface area contributed by atoms with Crippen molar-refractivity contribution in [3.63, 3.8) is 0 Å². The summed E-state index contributed by atoms with van der Waals surface area (Å²) in [5, 5.41) is 7.11. The summed E-state index contributed by atoms with van der Waals surface area (Å²) in [6, 6.07) is 15.5. The van der Waals surface area contributed by atoms with Gasteiger partial charge in [-0.3, -0.25) is 9.69 Å². The first kappa shape index (κ1) is 21.8. The lowest BCUT2D eigenvalue weighted by Crippen LogP contribution is -2.37. The molecule has 0 saturated carbocycles. The van der Waals surface area contributed by atoms with E-state index in [2.05, 4.69) is 26.9 Å². The zero-order valence-electron chi connectivity index (χ0n) is 18.3. The van der Waals surface area contributed by atoms with E-state index in [1.165, 1.54) is 5.56 Å². The minimum absolute atomic E-state index is 0.00579. The maximum Gasteiger partial charge on any atom is 0.241 e. The van der Waals surface area contributed by atoms with E-state index in [9.17, 15) is 4.79 Å². The molecule has 0 unspecified atom stereocenters. The van der Waals surface area contributed by atoms with E-state index in [0.717, 1.165) is 42.9 Å². The van der Waals surface area contributed by atoms with Gasteiger partial charge in [0.05, 0.1) is 6.54 Å². The third-order valence-corrected chi connectivity index (χ3v) is 5.58. The van der Waals surface area contributed by atoms with Crippen molar-refractivity contribution in [2.45, 2.75) is 26.3 Å². The van der Waals surface area contributed by atoms with E-state index in [-0.39, 0.29) is 11.8 Å². The van der Waals surface area contributed by atoms with Crippen LogP contribution < -0.4 is 10.1 Å². The van der Waals surface area contributed by atoms with Gasteiger partial charge < -0.3 is 14.6 Å². The molecule has 166 valence electrons. The summed E-state index contributed by atoms with van der Waals surface area (Å²) >= 11 is 0. The van der Waals surface area contributed by atoms with Crippen LogP contribution in [-0.2, 0) is 11.3 Å². The van der Waals surface area contributed by atoms with Crippen molar-refractivity contribution < 1.29 is 14.1 Å². The number of likely N-dealkylation sites (tertiary alicyclic amines) is 1. The molecule has 1 amide bonds. The van der Waals surface area contributed by atoms with Crippen molar-refractivity contribution in [1.29, 1.82) is 0 Å². The van der Waals surface area contributed by atoms with E-state index in [0.29, 0.717) is 24.9 Å². The molecule has 0 spiro atoms. The van der Waals surface area contributed by atoms with E-state index in [4.69, 9.17) is 9.26 Å². The lowest BCUT2D eigenvalue weighted by atomic mass is 9.96. The Morgan fingerprint density at radius 3 is 2.59 bits per heavy atom. The number of piperidine rings is 1. The van der Waals surface area contributed by atoms with Crippen LogP contribution in [0.25, 0.3) is 11.4 Å². The van der Waals surface area contributed by atoms with Gasteiger partial charge in [-0.05, 0) is 57.1 Å². The van der Waals surface area contributed by atoms with Gasteiger partial charge in [-0.2, -0.15) is 4.98 Å². The molecule has 1 aromatic heterocycles. The molecule has 7 nitrogen and oxygen atoms in total. The van der Waals surface area contributed by atoms with Gasteiger partial charge in [0.25, 0.3) is 0 Å². The fourth-order valence-corrected chi connectivity index (χ4v) is 3.72. The van der Waals surface area contributed by atoms with Gasteiger partial charge in [0, 0.05) is 17.2 Å². The molecule has 0 aliphatic carbocycles. The SMILES string of the molecule is C=CCOc1ccc(NC(=O)C2CCN(Cc3nc(-c4ccc(C)cc4)no3)CC2)cc1. The topological polar surface area (TPSA) is 80.5 Å². The molecule has 0 radical (unpaired) electrons. The quantitative estimate of drug-likeness (QED) is 0.530. The minimum Gasteiger partial charge on any atom is -0.490 e. The summed E-state index contributed by atoms with van der Waals surface area (Å²) in [6.07, 6.45) is 3.29. The smallest absolute Gasteiger partial charge is 0.241 e. The molecule has 1 saturated heterocycles. The van der Waals surface area contributed by atoms with E-state index >= 15 is 0 Å². The highest BCUT2D eigenvalue weighted by Crippen LogP contribution is 2.23. The Morgan fingerprint density at radius 2 is 1.91 bits per heavy atom. The highest BCUT2D eigenvalue weighted by atomic mass is 16.5. The number of carbonyl (C=O) groups excluding carboxylic acids is 1. The molecule has 2 heterocycles. The van der Waals surface area contributed by atoms with Crippen LogP contribution in [0.2, 0.25) is 0 Å². The summed E-state index contributed by atoms with van der Waals surface area (Å²) in [4.78, 5) is 19.4. The highest BCUT2D eigenvalue weighted by Gasteiger charge is 2.26. The van der Waals surface area contributed by atoms with Crippen molar-refractivity contribution in [3.8, 4) is 17.1 Å². The largest absolute Gasteiger partial charge is 0.490 e. The van der Waals surface area contributed by atoms with E-state index in [1.807, 2.05) is 55.5 Å². The van der Waals surface area contributed by atoms with Crippen LogP contribution in [0.5, 0.6) is 5.75 Å². The number of hydrogen-bond acceptors (Lipinski definition) is 6. The molecule has 1 aliphatic rings. The van der Waals surface area contributed by atoms with Crippen LogP contribution in [0.3, 0.4) is 0 Å². The Bertz CT molecular complexity index is 1040. The molecular formula is C25H28N4O3. The predicted octanol–water partition coefficient (Wildman–Crippen LogP) is 4.46. The van der Waals surface area contributed by atoms with Crippen LogP contribution in [0.1, 0.15) is 24.3 Å². The number of nitrogens with one attached hydrogen (secondary N) is 1. The molecule has 3 aromatic rings. The van der Waals surface area contributed by atoms with Gasteiger partial charge in [0.2, 0.25) is 17.6 Å². The van der Waals surface area contributed by atoms with Gasteiger partial charge in [0.15, 0.2) is 0 Å². The second-order valence-electron chi connectivity index (χ2n) is 8.04. The number of nitrogens with zero attached hydrogens (tertiary/aromatic N) is 3. The normalized spacial score (nSPS) is 14.8. The van der Waals surface area contributed by atoms with Crippen molar-refractivity contribution in [1.82, 2.24) is 15.0 Å². The van der Waals surface area contributed by atoms with E-state index in [1.54, 1.807) is 6.08 Å². The summed E-state index contributed by atoms with van der Waals surface area (Å²) in [5.41, 5.74) is 2.91. The summed E-state index contributed by atoms with van der Waals surface area (Å²) in [6.45, 7) is 8.36. The molecule has 1 fully saturated rings.